The monoisotopic (exact) mass is 562 g/mol. The number of aromatic nitrogens is 2. The molecule has 1 amide bonds. The van der Waals surface area contributed by atoms with Gasteiger partial charge in [-0.3, -0.25) is 9.59 Å². The lowest BCUT2D eigenvalue weighted by atomic mass is 9.89. The molecule has 3 fully saturated rings. The van der Waals surface area contributed by atoms with Gasteiger partial charge in [-0.05, 0) is 57.6 Å². The first-order chi connectivity index (χ1) is 18.8. The first-order valence-electron chi connectivity index (χ1n) is 13.7. The van der Waals surface area contributed by atoms with Crippen LogP contribution in [0.5, 0.6) is 0 Å². The van der Waals surface area contributed by atoms with Crippen molar-refractivity contribution in [1.29, 1.82) is 0 Å². The van der Waals surface area contributed by atoms with Gasteiger partial charge in [-0.1, -0.05) is 29.3 Å². The van der Waals surface area contributed by atoms with E-state index in [-0.39, 0.29) is 42.8 Å². The fourth-order valence-electron chi connectivity index (χ4n) is 5.61. The van der Waals surface area contributed by atoms with E-state index in [0.717, 1.165) is 11.3 Å². The van der Waals surface area contributed by atoms with Crippen molar-refractivity contribution < 1.29 is 23.4 Å². The van der Waals surface area contributed by atoms with Crippen molar-refractivity contribution in [2.45, 2.75) is 69.3 Å². The van der Waals surface area contributed by atoms with Crippen molar-refractivity contribution in [3.05, 3.63) is 51.4 Å². The second-order valence-electron chi connectivity index (χ2n) is 10.7. The number of ether oxygens (including phenoxy) is 3. The van der Waals surface area contributed by atoms with E-state index >= 15 is 0 Å². The zero-order valence-electron chi connectivity index (χ0n) is 22.2. The van der Waals surface area contributed by atoms with Crippen LogP contribution in [0, 0.1) is 6.92 Å². The fraction of sp³-hybridized carbons (Fsp3) is 0.607. The molecular formula is C28H36ClFN4O5. The molecule has 1 saturated carbocycles. The Labute approximate surface area is 232 Å². The molecule has 3 aliphatic rings. The normalized spacial score (nSPS) is 27.6. The number of anilines is 2. The number of rotatable bonds is 7. The lowest BCUT2D eigenvalue weighted by Crippen LogP contribution is -2.51. The average Bonchev–Trinajstić information content (AvgIpc) is 2.96. The van der Waals surface area contributed by atoms with Gasteiger partial charge in [-0.25, -0.2) is 9.07 Å². The second kappa shape index (κ2) is 12.3. The highest BCUT2D eigenvalue weighted by atomic mass is 35.5. The van der Waals surface area contributed by atoms with Gasteiger partial charge in [0, 0.05) is 18.3 Å². The summed E-state index contributed by atoms with van der Waals surface area (Å²) in [4.78, 5) is 28.5. The van der Waals surface area contributed by atoms with Gasteiger partial charge in [0.15, 0.2) is 11.8 Å². The molecule has 11 heteroatoms. The number of alkyl halides is 1. The van der Waals surface area contributed by atoms with Crippen LogP contribution in [-0.2, 0) is 19.0 Å². The largest absolute Gasteiger partial charge is 0.379 e. The molecule has 39 heavy (non-hydrogen) atoms. The number of aryl methyl sites for hydroxylation is 1. The lowest BCUT2D eigenvalue weighted by Gasteiger charge is -2.39. The molecule has 9 nitrogen and oxygen atoms in total. The van der Waals surface area contributed by atoms with Crippen LogP contribution >= 0.6 is 11.6 Å². The second-order valence-corrected chi connectivity index (χ2v) is 11.1. The maximum Gasteiger partial charge on any atom is 0.287 e. The molecule has 2 aromatic rings. The van der Waals surface area contributed by atoms with E-state index in [9.17, 15) is 14.0 Å². The van der Waals surface area contributed by atoms with Gasteiger partial charge in [0.1, 0.15) is 5.02 Å². The third-order valence-corrected chi connectivity index (χ3v) is 8.20. The Kier molecular flexibility index (Phi) is 8.86. The highest BCUT2D eigenvalue weighted by Crippen LogP contribution is 2.34. The Morgan fingerprint density at radius 3 is 2.62 bits per heavy atom. The van der Waals surface area contributed by atoms with E-state index in [1.165, 1.54) is 10.9 Å². The molecular weight excluding hydrogens is 527 g/mol. The summed E-state index contributed by atoms with van der Waals surface area (Å²) in [6, 6.07) is 7.71. The van der Waals surface area contributed by atoms with Crippen LogP contribution in [0.15, 0.2) is 35.3 Å². The molecule has 0 unspecified atom stereocenters. The number of hydrogen-bond acceptors (Lipinski definition) is 7. The predicted octanol–water partition coefficient (Wildman–Crippen LogP) is 4.07. The summed E-state index contributed by atoms with van der Waals surface area (Å²) in [5.74, 6) is -0.107. The molecule has 2 atom stereocenters. The molecule has 0 bridgehead atoms. The van der Waals surface area contributed by atoms with Crippen molar-refractivity contribution in [2.24, 2.45) is 0 Å². The van der Waals surface area contributed by atoms with Gasteiger partial charge in [0.05, 0.1) is 50.9 Å². The Bertz CT molecular complexity index is 1190. The zero-order chi connectivity index (χ0) is 27.4. The molecule has 0 spiro atoms. The summed E-state index contributed by atoms with van der Waals surface area (Å²) < 4.78 is 32.8. The molecule has 1 aromatic carbocycles. The maximum absolute atomic E-state index is 14.9. The average molecular weight is 563 g/mol. The Balaban J connectivity index is 1.27. The highest BCUT2D eigenvalue weighted by Gasteiger charge is 2.36. The van der Waals surface area contributed by atoms with Crippen molar-refractivity contribution in [1.82, 2.24) is 9.78 Å². The summed E-state index contributed by atoms with van der Waals surface area (Å²) in [6.07, 6.45) is 4.60. The topological polar surface area (TPSA) is 94.9 Å². The van der Waals surface area contributed by atoms with E-state index in [2.05, 4.69) is 10.4 Å². The predicted molar refractivity (Wildman–Crippen MR) is 146 cm³/mol. The molecule has 0 radical (unpaired) electrons. The SMILES string of the molecule is Cc1ccc(N(C(=O)[C@H]2COCCO2)[C@H]2CC[C@H](n3ncc(NC[C@@]4(F)CCCOC4)c(Cl)c3=O)CC2)cc1. The third-order valence-electron chi connectivity index (χ3n) is 7.83. The number of amides is 1. The number of nitrogens with zero attached hydrogens (tertiary/aromatic N) is 3. The Hall–Kier alpha value is -2.53. The van der Waals surface area contributed by atoms with Gasteiger partial charge in [0.2, 0.25) is 0 Å². The van der Waals surface area contributed by atoms with Gasteiger partial charge < -0.3 is 24.4 Å². The number of carbonyl (C=O) groups excluding carboxylic acids is 1. The molecule has 2 saturated heterocycles. The van der Waals surface area contributed by atoms with Gasteiger partial charge in [-0.2, -0.15) is 5.10 Å². The van der Waals surface area contributed by atoms with Crippen LogP contribution in [0.3, 0.4) is 0 Å². The molecule has 212 valence electrons. The van der Waals surface area contributed by atoms with Gasteiger partial charge >= 0.3 is 0 Å². The van der Waals surface area contributed by atoms with Gasteiger partial charge in [-0.15, -0.1) is 0 Å². The molecule has 1 aliphatic carbocycles. The van der Waals surface area contributed by atoms with E-state index in [1.807, 2.05) is 36.1 Å². The number of benzene rings is 1. The summed E-state index contributed by atoms with van der Waals surface area (Å²) >= 11 is 6.41. The first kappa shape index (κ1) is 28.0. The molecule has 1 N–H and O–H groups in total. The highest BCUT2D eigenvalue weighted by molar-refractivity contribution is 6.32. The summed E-state index contributed by atoms with van der Waals surface area (Å²) in [5.41, 5.74) is 0.356. The maximum atomic E-state index is 14.9. The molecule has 1 aromatic heterocycles. The minimum absolute atomic E-state index is 0.00152. The molecule has 5 rings (SSSR count). The van der Waals surface area contributed by atoms with Crippen molar-refractivity contribution >= 4 is 28.9 Å². The van der Waals surface area contributed by atoms with Crippen LogP contribution in [0.4, 0.5) is 15.8 Å². The van der Waals surface area contributed by atoms with Crippen LogP contribution in [-0.4, -0.2) is 73.1 Å². The smallest absolute Gasteiger partial charge is 0.287 e. The van der Waals surface area contributed by atoms with Crippen molar-refractivity contribution in [2.75, 3.05) is 49.8 Å². The number of hydrogen-bond donors (Lipinski definition) is 1. The summed E-state index contributed by atoms with van der Waals surface area (Å²) in [5, 5.41) is 7.33. The fourth-order valence-corrected chi connectivity index (χ4v) is 5.81. The number of halogens is 2. The van der Waals surface area contributed by atoms with Crippen molar-refractivity contribution in [3.63, 3.8) is 0 Å². The van der Waals surface area contributed by atoms with Crippen LogP contribution in [0.2, 0.25) is 5.02 Å². The van der Waals surface area contributed by atoms with E-state index in [0.29, 0.717) is 64.0 Å². The lowest BCUT2D eigenvalue weighted by molar-refractivity contribution is -0.145. The van der Waals surface area contributed by atoms with Gasteiger partial charge in [0.25, 0.3) is 11.5 Å². The first-order valence-corrected chi connectivity index (χ1v) is 14.1. The number of nitrogens with one attached hydrogen (secondary N) is 1. The molecule has 2 aliphatic heterocycles. The number of carbonyl (C=O) groups is 1. The minimum Gasteiger partial charge on any atom is -0.379 e. The Morgan fingerprint density at radius 2 is 1.95 bits per heavy atom. The van der Waals surface area contributed by atoms with E-state index < -0.39 is 17.3 Å². The molecule has 3 heterocycles. The van der Waals surface area contributed by atoms with Crippen LogP contribution in [0.25, 0.3) is 0 Å². The quantitative estimate of drug-likeness (QED) is 0.543. The van der Waals surface area contributed by atoms with Crippen LogP contribution < -0.4 is 15.8 Å². The summed E-state index contributed by atoms with van der Waals surface area (Å²) in [7, 11) is 0. The standard InChI is InChI=1S/C28H36ClFN4O5/c1-19-3-5-20(6-4-19)33(26(35)24-16-37-13-14-39-24)21-7-9-22(10-8-21)34-27(36)25(29)23(15-32-34)31-17-28(30)11-2-12-38-18-28/h3-6,15,21-22,24,31H,2,7-14,16-18H2,1H3/t21-,22-,24-,28+/m1/s1. The van der Waals surface area contributed by atoms with Crippen molar-refractivity contribution in [3.8, 4) is 0 Å². The van der Waals surface area contributed by atoms with Crippen LogP contribution in [0.1, 0.15) is 50.1 Å². The summed E-state index contributed by atoms with van der Waals surface area (Å²) in [6.45, 7) is 3.72. The van der Waals surface area contributed by atoms with E-state index in [1.54, 1.807) is 0 Å². The van der Waals surface area contributed by atoms with E-state index in [4.69, 9.17) is 25.8 Å². The zero-order valence-corrected chi connectivity index (χ0v) is 23.0. The Morgan fingerprint density at radius 1 is 1.18 bits per heavy atom. The third kappa shape index (κ3) is 6.45. The minimum atomic E-state index is -1.50.